The van der Waals surface area contributed by atoms with Gasteiger partial charge in [-0.15, -0.1) is 0 Å². The summed E-state index contributed by atoms with van der Waals surface area (Å²) in [6.07, 6.45) is 0. The standard InChI is InChI=1S/C14H20N2O3S/c1-11(2)13-5-4-6-14(9-13)20(18,19)16-8-7-15(10-16)12(3)17/h4-6,9,11H,7-8,10H2,1-3H3. The lowest BCUT2D eigenvalue weighted by molar-refractivity contribution is -0.128. The van der Waals surface area contributed by atoms with Gasteiger partial charge in [-0.2, -0.15) is 4.31 Å². The lowest BCUT2D eigenvalue weighted by atomic mass is 10.0. The van der Waals surface area contributed by atoms with Crippen LogP contribution in [0.5, 0.6) is 0 Å². The molecule has 0 spiro atoms. The second-order valence-corrected chi connectivity index (χ2v) is 7.27. The summed E-state index contributed by atoms with van der Waals surface area (Å²) in [4.78, 5) is 13.1. The molecule has 20 heavy (non-hydrogen) atoms. The Bertz CT molecular complexity index is 611. The third-order valence-corrected chi connectivity index (χ3v) is 5.38. The summed E-state index contributed by atoms with van der Waals surface area (Å²) in [6.45, 7) is 6.46. The maximum atomic E-state index is 12.6. The van der Waals surface area contributed by atoms with Crippen molar-refractivity contribution < 1.29 is 13.2 Å². The molecule has 0 saturated carbocycles. The topological polar surface area (TPSA) is 57.7 Å². The van der Waals surface area contributed by atoms with Crippen LogP contribution in [0.4, 0.5) is 0 Å². The van der Waals surface area contributed by atoms with Crippen LogP contribution in [0.25, 0.3) is 0 Å². The Labute approximate surface area is 120 Å². The van der Waals surface area contributed by atoms with Gasteiger partial charge in [0.2, 0.25) is 15.9 Å². The molecular weight excluding hydrogens is 276 g/mol. The van der Waals surface area contributed by atoms with Gasteiger partial charge in [0.05, 0.1) is 11.6 Å². The van der Waals surface area contributed by atoms with Gasteiger partial charge in [-0.05, 0) is 23.6 Å². The number of amides is 1. The number of carbonyl (C=O) groups excluding carboxylic acids is 1. The van der Waals surface area contributed by atoms with Gasteiger partial charge < -0.3 is 4.90 Å². The quantitative estimate of drug-likeness (QED) is 0.851. The van der Waals surface area contributed by atoms with Crippen LogP contribution in [0.3, 0.4) is 0 Å². The van der Waals surface area contributed by atoms with Gasteiger partial charge in [0, 0.05) is 20.0 Å². The van der Waals surface area contributed by atoms with Gasteiger partial charge >= 0.3 is 0 Å². The molecule has 1 fully saturated rings. The summed E-state index contributed by atoms with van der Waals surface area (Å²) in [5.74, 6) is 0.177. The molecule has 1 aromatic rings. The van der Waals surface area contributed by atoms with Crippen molar-refractivity contribution >= 4 is 15.9 Å². The largest absolute Gasteiger partial charge is 0.328 e. The van der Waals surface area contributed by atoms with Crippen LogP contribution in [0.15, 0.2) is 29.2 Å². The monoisotopic (exact) mass is 296 g/mol. The van der Waals surface area contributed by atoms with Crippen molar-refractivity contribution in [1.82, 2.24) is 9.21 Å². The fourth-order valence-electron chi connectivity index (χ4n) is 2.20. The van der Waals surface area contributed by atoms with E-state index in [0.717, 1.165) is 5.56 Å². The van der Waals surface area contributed by atoms with Gasteiger partial charge in [-0.3, -0.25) is 4.79 Å². The highest BCUT2D eigenvalue weighted by atomic mass is 32.2. The van der Waals surface area contributed by atoms with Crippen molar-refractivity contribution in [3.05, 3.63) is 29.8 Å². The molecule has 0 radical (unpaired) electrons. The van der Waals surface area contributed by atoms with E-state index in [9.17, 15) is 13.2 Å². The number of nitrogens with zero attached hydrogens (tertiary/aromatic N) is 2. The number of benzene rings is 1. The molecule has 2 rings (SSSR count). The Balaban J connectivity index is 2.27. The Morgan fingerprint density at radius 2 is 1.95 bits per heavy atom. The predicted octanol–water partition coefficient (Wildman–Crippen LogP) is 1.62. The molecule has 0 N–H and O–H groups in total. The van der Waals surface area contributed by atoms with Crippen LogP contribution >= 0.6 is 0 Å². The number of rotatable bonds is 3. The first-order valence-corrected chi connectivity index (χ1v) is 8.12. The van der Waals surface area contributed by atoms with E-state index in [1.54, 1.807) is 18.2 Å². The molecule has 1 aliphatic heterocycles. The lowest BCUT2D eigenvalue weighted by Crippen LogP contribution is -2.33. The molecule has 0 aromatic heterocycles. The molecule has 1 heterocycles. The molecule has 110 valence electrons. The molecule has 0 bridgehead atoms. The molecule has 0 aliphatic carbocycles. The molecule has 1 aliphatic rings. The maximum absolute atomic E-state index is 12.6. The zero-order valence-electron chi connectivity index (χ0n) is 12.0. The van der Waals surface area contributed by atoms with Crippen molar-refractivity contribution in [2.75, 3.05) is 19.8 Å². The van der Waals surface area contributed by atoms with Crippen LogP contribution in [0.2, 0.25) is 0 Å². The SMILES string of the molecule is CC(=O)N1CCN(S(=O)(=O)c2cccc(C(C)C)c2)C1. The lowest BCUT2D eigenvalue weighted by Gasteiger charge is -2.18. The molecule has 1 saturated heterocycles. The minimum Gasteiger partial charge on any atom is -0.328 e. The molecule has 6 heteroatoms. The Hall–Kier alpha value is -1.40. The summed E-state index contributed by atoms with van der Waals surface area (Å²) in [5.41, 5.74) is 0.994. The van der Waals surface area contributed by atoms with Crippen molar-refractivity contribution in [3.8, 4) is 0 Å². The molecule has 1 aromatic carbocycles. The second kappa shape index (κ2) is 5.54. The minimum atomic E-state index is -3.52. The van der Waals surface area contributed by atoms with E-state index < -0.39 is 10.0 Å². The molecule has 5 nitrogen and oxygen atoms in total. The molecule has 0 atom stereocenters. The Morgan fingerprint density at radius 1 is 1.25 bits per heavy atom. The average Bonchev–Trinajstić information content (AvgIpc) is 2.89. The summed E-state index contributed by atoms with van der Waals surface area (Å²) in [6, 6.07) is 7.02. The molecule has 1 amide bonds. The van der Waals surface area contributed by atoms with Crippen LogP contribution in [-0.4, -0.2) is 43.3 Å². The highest BCUT2D eigenvalue weighted by Gasteiger charge is 2.32. The Morgan fingerprint density at radius 3 is 2.50 bits per heavy atom. The van der Waals surface area contributed by atoms with Crippen LogP contribution in [0, 0.1) is 0 Å². The van der Waals surface area contributed by atoms with Gasteiger partial charge in [-0.1, -0.05) is 26.0 Å². The summed E-state index contributed by atoms with van der Waals surface area (Å²) >= 11 is 0. The van der Waals surface area contributed by atoms with Crippen LogP contribution in [0.1, 0.15) is 32.3 Å². The van der Waals surface area contributed by atoms with E-state index in [1.165, 1.54) is 16.1 Å². The maximum Gasteiger partial charge on any atom is 0.244 e. The third kappa shape index (κ3) is 2.86. The summed E-state index contributed by atoms with van der Waals surface area (Å²) in [5, 5.41) is 0. The zero-order valence-corrected chi connectivity index (χ0v) is 12.9. The number of carbonyl (C=O) groups is 1. The van der Waals surface area contributed by atoms with Gasteiger partial charge in [-0.25, -0.2) is 8.42 Å². The second-order valence-electron chi connectivity index (χ2n) is 5.33. The van der Waals surface area contributed by atoms with E-state index in [4.69, 9.17) is 0 Å². The normalized spacial score (nSPS) is 16.9. The molecule has 0 unspecified atom stereocenters. The number of sulfonamides is 1. The van der Waals surface area contributed by atoms with Crippen molar-refractivity contribution in [3.63, 3.8) is 0 Å². The van der Waals surface area contributed by atoms with Crippen LogP contribution < -0.4 is 0 Å². The highest BCUT2D eigenvalue weighted by Crippen LogP contribution is 2.23. The first-order valence-electron chi connectivity index (χ1n) is 6.68. The summed E-state index contributed by atoms with van der Waals surface area (Å²) in [7, 11) is -3.52. The smallest absolute Gasteiger partial charge is 0.244 e. The number of hydrogen-bond donors (Lipinski definition) is 0. The number of hydrogen-bond acceptors (Lipinski definition) is 3. The minimum absolute atomic E-state index is 0.0985. The average molecular weight is 296 g/mol. The van der Waals surface area contributed by atoms with Crippen molar-refractivity contribution in [2.24, 2.45) is 0 Å². The predicted molar refractivity (Wildman–Crippen MR) is 76.7 cm³/mol. The summed E-state index contributed by atoms with van der Waals surface area (Å²) < 4.78 is 26.5. The van der Waals surface area contributed by atoms with Gasteiger partial charge in [0.15, 0.2) is 0 Å². The van der Waals surface area contributed by atoms with E-state index in [2.05, 4.69) is 0 Å². The first kappa shape index (κ1) is 15.0. The van der Waals surface area contributed by atoms with Gasteiger partial charge in [0.1, 0.15) is 0 Å². The van der Waals surface area contributed by atoms with Crippen molar-refractivity contribution in [1.29, 1.82) is 0 Å². The van der Waals surface area contributed by atoms with E-state index >= 15 is 0 Å². The first-order chi connectivity index (χ1) is 9.32. The Kier molecular flexibility index (Phi) is 4.15. The van der Waals surface area contributed by atoms with Crippen molar-refractivity contribution in [2.45, 2.75) is 31.6 Å². The zero-order chi connectivity index (χ0) is 14.9. The highest BCUT2D eigenvalue weighted by molar-refractivity contribution is 7.89. The fraction of sp³-hybridized carbons (Fsp3) is 0.500. The van der Waals surface area contributed by atoms with E-state index in [-0.39, 0.29) is 18.5 Å². The van der Waals surface area contributed by atoms with E-state index in [1.807, 2.05) is 19.9 Å². The third-order valence-electron chi connectivity index (χ3n) is 3.56. The fourth-order valence-corrected chi connectivity index (χ4v) is 3.65. The molecular formula is C14H20N2O3S. The van der Waals surface area contributed by atoms with Gasteiger partial charge in [0.25, 0.3) is 0 Å². The van der Waals surface area contributed by atoms with Crippen LogP contribution in [-0.2, 0) is 14.8 Å². The van der Waals surface area contributed by atoms with E-state index in [0.29, 0.717) is 18.0 Å².